The van der Waals surface area contributed by atoms with Crippen LogP contribution in [0.1, 0.15) is 26.7 Å². The van der Waals surface area contributed by atoms with E-state index in [1.54, 1.807) is 4.90 Å². The zero-order valence-corrected chi connectivity index (χ0v) is 8.81. The third-order valence-corrected chi connectivity index (χ3v) is 2.91. The van der Waals surface area contributed by atoms with Gasteiger partial charge in [-0.2, -0.15) is 0 Å². The highest BCUT2D eigenvalue weighted by atomic mass is 16.3. The second kappa shape index (κ2) is 4.75. The second-order valence-corrected chi connectivity index (χ2v) is 3.89. The largest absolute Gasteiger partial charge is 0.388 e. The number of carbonyl (C=O) groups is 1. The fraction of sp³-hybridized carbons (Fsp3) is 0.900. The van der Waals surface area contributed by atoms with Crippen LogP contribution in [0.5, 0.6) is 0 Å². The van der Waals surface area contributed by atoms with Gasteiger partial charge in [-0.15, -0.1) is 0 Å². The van der Waals surface area contributed by atoms with Gasteiger partial charge in [-0.3, -0.25) is 4.79 Å². The Kier molecular flexibility index (Phi) is 3.89. The Balaban J connectivity index is 2.54. The molecule has 14 heavy (non-hydrogen) atoms. The summed E-state index contributed by atoms with van der Waals surface area (Å²) in [7, 11) is 0. The molecule has 1 fully saturated rings. The molecule has 1 saturated heterocycles. The van der Waals surface area contributed by atoms with Crippen molar-refractivity contribution < 1.29 is 15.0 Å². The van der Waals surface area contributed by atoms with Crippen molar-refractivity contribution in [3.63, 3.8) is 0 Å². The number of β-amino-alcohol motifs (C(OH)–C–C–N with tert-alkyl or cyclic N) is 2. The Morgan fingerprint density at radius 1 is 1.29 bits per heavy atom. The molecule has 1 aliphatic rings. The van der Waals surface area contributed by atoms with E-state index in [0.717, 1.165) is 12.8 Å². The molecule has 1 aliphatic heterocycles. The van der Waals surface area contributed by atoms with Crippen molar-refractivity contribution in [1.29, 1.82) is 0 Å². The lowest BCUT2D eigenvalue weighted by atomic mass is 10.0. The molecule has 82 valence electrons. The number of aliphatic hydroxyl groups is 2. The van der Waals surface area contributed by atoms with Gasteiger partial charge >= 0.3 is 0 Å². The molecule has 0 aromatic rings. The summed E-state index contributed by atoms with van der Waals surface area (Å²) < 4.78 is 0. The Morgan fingerprint density at radius 3 is 2.07 bits per heavy atom. The van der Waals surface area contributed by atoms with Crippen LogP contribution in [0.2, 0.25) is 0 Å². The smallest absolute Gasteiger partial charge is 0.225 e. The maximum Gasteiger partial charge on any atom is 0.225 e. The summed E-state index contributed by atoms with van der Waals surface area (Å²) in [5, 5.41) is 18.6. The van der Waals surface area contributed by atoms with E-state index >= 15 is 0 Å². The Bertz CT molecular complexity index is 194. The topological polar surface area (TPSA) is 60.8 Å². The number of carbonyl (C=O) groups excluding carboxylic acids is 1. The molecular weight excluding hydrogens is 182 g/mol. The predicted octanol–water partition coefficient (Wildman–Crippen LogP) is -0.0134. The van der Waals surface area contributed by atoms with Crippen LogP contribution in [0.3, 0.4) is 0 Å². The molecule has 0 aromatic heterocycles. The third kappa shape index (κ3) is 2.25. The maximum absolute atomic E-state index is 11.8. The average molecular weight is 201 g/mol. The number of aliphatic hydroxyl groups excluding tert-OH is 2. The maximum atomic E-state index is 11.8. The number of hydrogen-bond acceptors (Lipinski definition) is 3. The van der Waals surface area contributed by atoms with Gasteiger partial charge in [0.05, 0.1) is 12.2 Å². The van der Waals surface area contributed by atoms with Crippen molar-refractivity contribution in [2.75, 3.05) is 13.1 Å². The van der Waals surface area contributed by atoms with E-state index in [1.165, 1.54) is 0 Å². The highest BCUT2D eigenvalue weighted by Crippen LogP contribution is 2.17. The SMILES string of the molecule is CCC(CC)C(=O)N1C[C@@H](O)[C@@H](O)C1. The van der Waals surface area contributed by atoms with Gasteiger partial charge in [-0.1, -0.05) is 13.8 Å². The van der Waals surface area contributed by atoms with Gasteiger partial charge in [-0.05, 0) is 12.8 Å². The average Bonchev–Trinajstić information content (AvgIpc) is 2.49. The summed E-state index contributed by atoms with van der Waals surface area (Å²) in [4.78, 5) is 13.4. The van der Waals surface area contributed by atoms with Crippen LogP contribution >= 0.6 is 0 Å². The van der Waals surface area contributed by atoms with E-state index in [9.17, 15) is 15.0 Å². The molecule has 2 atom stereocenters. The Hall–Kier alpha value is -0.610. The van der Waals surface area contributed by atoms with Gasteiger partial charge < -0.3 is 15.1 Å². The molecule has 2 N–H and O–H groups in total. The molecule has 0 bridgehead atoms. The highest BCUT2D eigenvalue weighted by Gasteiger charge is 2.34. The minimum Gasteiger partial charge on any atom is -0.388 e. The Morgan fingerprint density at radius 2 is 1.71 bits per heavy atom. The summed E-state index contributed by atoms with van der Waals surface area (Å²) in [5.41, 5.74) is 0. The first-order valence-electron chi connectivity index (χ1n) is 5.25. The van der Waals surface area contributed by atoms with Gasteiger partial charge in [0.25, 0.3) is 0 Å². The zero-order chi connectivity index (χ0) is 10.7. The molecule has 1 rings (SSSR count). The summed E-state index contributed by atoms with van der Waals surface area (Å²) >= 11 is 0. The standard InChI is InChI=1S/C10H19NO3/c1-3-7(4-2)10(14)11-5-8(12)9(13)6-11/h7-9,12-13H,3-6H2,1-2H3/t8-,9+. The first-order valence-corrected chi connectivity index (χ1v) is 5.25. The van der Waals surface area contributed by atoms with E-state index in [-0.39, 0.29) is 24.9 Å². The summed E-state index contributed by atoms with van der Waals surface area (Å²) in [6, 6.07) is 0. The van der Waals surface area contributed by atoms with E-state index in [2.05, 4.69) is 0 Å². The molecule has 4 heteroatoms. The molecule has 1 amide bonds. The lowest BCUT2D eigenvalue weighted by molar-refractivity contribution is -0.135. The molecule has 0 spiro atoms. The van der Waals surface area contributed by atoms with E-state index in [4.69, 9.17) is 0 Å². The molecule has 0 radical (unpaired) electrons. The number of hydrogen-bond donors (Lipinski definition) is 2. The third-order valence-electron chi connectivity index (χ3n) is 2.91. The van der Waals surface area contributed by atoms with E-state index in [1.807, 2.05) is 13.8 Å². The lowest BCUT2D eigenvalue weighted by Crippen LogP contribution is -2.34. The van der Waals surface area contributed by atoms with Gasteiger partial charge in [-0.25, -0.2) is 0 Å². The monoisotopic (exact) mass is 201 g/mol. The molecule has 4 nitrogen and oxygen atoms in total. The molecule has 0 saturated carbocycles. The van der Waals surface area contributed by atoms with Crippen LogP contribution in [0.25, 0.3) is 0 Å². The first-order chi connectivity index (χ1) is 6.60. The van der Waals surface area contributed by atoms with Gasteiger partial charge in [0.1, 0.15) is 0 Å². The van der Waals surface area contributed by atoms with Crippen molar-refractivity contribution >= 4 is 5.91 Å². The summed E-state index contributed by atoms with van der Waals surface area (Å²) in [6.45, 7) is 4.51. The van der Waals surface area contributed by atoms with Gasteiger partial charge in [0.2, 0.25) is 5.91 Å². The van der Waals surface area contributed by atoms with Crippen LogP contribution < -0.4 is 0 Å². The van der Waals surface area contributed by atoms with Gasteiger partial charge in [0.15, 0.2) is 0 Å². The minimum atomic E-state index is -0.770. The molecule has 1 heterocycles. The molecular formula is C10H19NO3. The van der Waals surface area contributed by atoms with Crippen LogP contribution in [0.4, 0.5) is 0 Å². The number of nitrogens with zero attached hydrogens (tertiary/aromatic N) is 1. The van der Waals surface area contributed by atoms with Crippen LogP contribution in [-0.4, -0.2) is 46.3 Å². The van der Waals surface area contributed by atoms with Crippen molar-refractivity contribution in [3.8, 4) is 0 Å². The lowest BCUT2D eigenvalue weighted by Gasteiger charge is -2.20. The second-order valence-electron chi connectivity index (χ2n) is 3.89. The van der Waals surface area contributed by atoms with Crippen molar-refractivity contribution in [3.05, 3.63) is 0 Å². The molecule has 0 aromatic carbocycles. The fourth-order valence-electron chi connectivity index (χ4n) is 1.85. The van der Waals surface area contributed by atoms with E-state index < -0.39 is 12.2 Å². The van der Waals surface area contributed by atoms with Crippen molar-refractivity contribution in [2.24, 2.45) is 5.92 Å². The van der Waals surface area contributed by atoms with Crippen LogP contribution in [0.15, 0.2) is 0 Å². The first kappa shape index (κ1) is 11.5. The fourth-order valence-corrected chi connectivity index (χ4v) is 1.85. The normalized spacial score (nSPS) is 27.4. The molecule has 0 unspecified atom stereocenters. The predicted molar refractivity (Wildman–Crippen MR) is 52.7 cm³/mol. The summed E-state index contributed by atoms with van der Waals surface area (Å²) in [6.07, 6.45) is 0.0948. The van der Waals surface area contributed by atoms with Gasteiger partial charge in [0, 0.05) is 19.0 Å². The number of amides is 1. The quantitative estimate of drug-likeness (QED) is 0.675. The number of likely N-dealkylation sites (tertiary alicyclic amines) is 1. The summed E-state index contributed by atoms with van der Waals surface area (Å²) in [5.74, 6) is 0.0955. The van der Waals surface area contributed by atoms with Crippen molar-refractivity contribution in [2.45, 2.75) is 38.9 Å². The highest BCUT2D eigenvalue weighted by molar-refractivity contribution is 5.79. The van der Waals surface area contributed by atoms with Crippen LogP contribution in [0, 0.1) is 5.92 Å². The number of rotatable bonds is 3. The van der Waals surface area contributed by atoms with Crippen molar-refractivity contribution in [1.82, 2.24) is 4.90 Å². The van der Waals surface area contributed by atoms with E-state index in [0.29, 0.717) is 0 Å². The minimum absolute atomic E-state index is 0.0347. The Labute approximate surface area is 84.5 Å². The zero-order valence-electron chi connectivity index (χ0n) is 8.81. The van der Waals surface area contributed by atoms with Crippen LogP contribution in [-0.2, 0) is 4.79 Å². The molecule has 0 aliphatic carbocycles.